The molecule has 1 amide bonds. The molecule has 3 rings (SSSR count). The van der Waals surface area contributed by atoms with E-state index in [9.17, 15) is 14.7 Å². The highest BCUT2D eigenvalue weighted by atomic mass is 79.9. The molecule has 1 N–H and O–H groups in total. The van der Waals surface area contributed by atoms with E-state index >= 15 is 0 Å². The van der Waals surface area contributed by atoms with Crippen LogP contribution in [0.1, 0.15) is 36.2 Å². The monoisotopic (exact) mass is 417 g/mol. The van der Waals surface area contributed by atoms with E-state index < -0.39 is 11.5 Å². The number of Topliss-reactive ketones (excluding diaryl/α,β-unsaturated/α-hetero) is 1. The summed E-state index contributed by atoms with van der Waals surface area (Å²) in [5.74, 6) is -0.0914. The van der Waals surface area contributed by atoms with Gasteiger partial charge < -0.3 is 14.7 Å². The van der Waals surface area contributed by atoms with Crippen molar-refractivity contribution in [1.29, 1.82) is 0 Å². The Morgan fingerprint density at radius 2 is 1.88 bits per heavy atom. The summed E-state index contributed by atoms with van der Waals surface area (Å²) in [5.41, 5.74) is -0.327. The number of nitrogens with zero attached hydrogens (tertiary/aromatic N) is 1. The fourth-order valence-corrected chi connectivity index (χ4v) is 3.61. The summed E-state index contributed by atoms with van der Waals surface area (Å²) in [6.45, 7) is 4.69. The first kappa shape index (κ1) is 18.6. The lowest BCUT2D eigenvalue weighted by Gasteiger charge is -2.22. The third-order valence-electron chi connectivity index (χ3n) is 4.51. The van der Waals surface area contributed by atoms with Gasteiger partial charge in [0.15, 0.2) is 11.4 Å². The number of halogens is 1. The van der Waals surface area contributed by atoms with Crippen LogP contribution in [0.2, 0.25) is 0 Å². The van der Waals surface area contributed by atoms with E-state index in [2.05, 4.69) is 15.9 Å². The molecule has 0 spiro atoms. The molecule has 0 radical (unpaired) electrons. The van der Waals surface area contributed by atoms with Crippen LogP contribution in [0, 0.1) is 0 Å². The Kier molecular flexibility index (Phi) is 5.16. The van der Waals surface area contributed by atoms with Gasteiger partial charge in [0, 0.05) is 22.1 Å². The van der Waals surface area contributed by atoms with Gasteiger partial charge in [0.1, 0.15) is 5.75 Å². The quantitative estimate of drug-likeness (QED) is 0.727. The molecule has 1 aliphatic heterocycles. The molecule has 1 aliphatic rings. The molecule has 1 heterocycles. The molecular formula is C20H20BrNO4. The maximum Gasteiger partial charge on any atom is 0.264 e. The van der Waals surface area contributed by atoms with Crippen molar-refractivity contribution in [2.75, 3.05) is 18.1 Å². The van der Waals surface area contributed by atoms with Crippen molar-refractivity contribution in [2.24, 2.45) is 0 Å². The van der Waals surface area contributed by atoms with E-state index in [1.165, 1.54) is 4.90 Å². The molecule has 0 fully saturated rings. The lowest BCUT2D eigenvalue weighted by Crippen LogP contribution is -2.41. The summed E-state index contributed by atoms with van der Waals surface area (Å²) < 4.78 is 6.12. The average Bonchev–Trinajstić information content (AvgIpc) is 2.83. The van der Waals surface area contributed by atoms with Crippen molar-refractivity contribution in [1.82, 2.24) is 0 Å². The fraction of sp³-hybridized carbons (Fsp3) is 0.300. The lowest BCUT2D eigenvalue weighted by molar-refractivity contribution is -0.135. The van der Waals surface area contributed by atoms with Crippen LogP contribution in [0.3, 0.4) is 0 Å². The zero-order chi connectivity index (χ0) is 18.9. The maximum absolute atomic E-state index is 12.8. The van der Waals surface area contributed by atoms with Gasteiger partial charge in [0.2, 0.25) is 0 Å². The van der Waals surface area contributed by atoms with Crippen molar-refractivity contribution >= 4 is 33.3 Å². The van der Waals surface area contributed by atoms with Crippen LogP contribution in [-0.2, 0) is 10.4 Å². The summed E-state index contributed by atoms with van der Waals surface area (Å²) in [5, 5.41) is 11.2. The van der Waals surface area contributed by atoms with Crippen LogP contribution >= 0.6 is 15.9 Å². The Morgan fingerprint density at radius 3 is 2.50 bits per heavy atom. The van der Waals surface area contributed by atoms with Gasteiger partial charge in [-0.1, -0.05) is 15.9 Å². The summed E-state index contributed by atoms with van der Waals surface area (Å²) in [6.07, 6.45) is -0.306. The molecule has 136 valence electrons. The molecule has 0 saturated heterocycles. The number of fused-ring (bicyclic) bond motifs is 1. The number of aliphatic hydroxyl groups is 1. The summed E-state index contributed by atoms with van der Waals surface area (Å²) in [4.78, 5) is 27.1. The standard InChI is InChI=1S/C20H20BrNO4/c1-3-22-17-10-7-14(21)11-16(17)20(25,19(22)24)12-18(23)13-5-8-15(9-6-13)26-4-2/h5-11,25H,3-4,12H2,1-2H3. The van der Waals surface area contributed by atoms with Crippen molar-refractivity contribution in [3.05, 3.63) is 58.1 Å². The molecular weight excluding hydrogens is 398 g/mol. The lowest BCUT2D eigenvalue weighted by atomic mass is 9.88. The molecule has 2 aromatic rings. The third kappa shape index (κ3) is 3.15. The predicted octanol–water partition coefficient (Wildman–Crippen LogP) is 3.67. The van der Waals surface area contributed by atoms with Crippen LogP contribution in [0.4, 0.5) is 5.69 Å². The highest BCUT2D eigenvalue weighted by Crippen LogP contribution is 2.44. The highest BCUT2D eigenvalue weighted by molar-refractivity contribution is 9.10. The van der Waals surface area contributed by atoms with Gasteiger partial charge in [-0.15, -0.1) is 0 Å². The number of ketones is 1. The van der Waals surface area contributed by atoms with Gasteiger partial charge in [-0.2, -0.15) is 0 Å². The SMILES string of the molecule is CCOc1ccc(C(=O)CC2(O)C(=O)N(CC)c3ccc(Br)cc32)cc1. The van der Waals surface area contributed by atoms with Crippen molar-refractivity contribution in [3.8, 4) is 5.75 Å². The number of ether oxygens (including phenoxy) is 1. The number of benzene rings is 2. The van der Waals surface area contributed by atoms with Crippen molar-refractivity contribution in [3.63, 3.8) is 0 Å². The molecule has 0 bridgehead atoms. The summed E-state index contributed by atoms with van der Waals surface area (Å²) >= 11 is 3.37. The van der Waals surface area contributed by atoms with Gasteiger partial charge >= 0.3 is 0 Å². The summed E-state index contributed by atoms with van der Waals surface area (Å²) in [7, 11) is 0. The highest BCUT2D eigenvalue weighted by Gasteiger charge is 2.50. The Labute approximate surface area is 160 Å². The first-order valence-corrected chi connectivity index (χ1v) is 9.30. The topological polar surface area (TPSA) is 66.8 Å². The van der Waals surface area contributed by atoms with E-state index in [-0.39, 0.29) is 12.2 Å². The van der Waals surface area contributed by atoms with Crippen LogP contribution in [0.5, 0.6) is 5.75 Å². The smallest absolute Gasteiger partial charge is 0.264 e. The second-order valence-electron chi connectivity index (χ2n) is 6.13. The molecule has 0 saturated carbocycles. The minimum atomic E-state index is -1.86. The molecule has 0 aromatic heterocycles. The second kappa shape index (κ2) is 7.21. The number of likely N-dealkylation sites (N-methyl/N-ethyl adjacent to an activating group) is 1. The first-order valence-electron chi connectivity index (χ1n) is 8.51. The van der Waals surface area contributed by atoms with E-state index in [1.807, 2.05) is 19.9 Å². The number of hydrogen-bond donors (Lipinski definition) is 1. The fourth-order valence-electron chi connectivity index (χ4n) is 3.25. The van der Waals surface area contributed by atoms with Crippen LogP contribution in [-0.4, -0.2) is 29.9 Å². The predicted molar refractivity (Wildman–Crippen MR) is 103 cm³/mol. The Bertz CT molecular complexity index is 849. The van der Waals surface area contributed by atoms with E-state index in [0.717, 1.165) is 4.47 Å². The number of rotatable bonds is 6. The molecule has 2 aromatic carbocycles. The van der Waals surface area contributed by atoms with E-state index in [1.54, 1.807) is 36.4 Å². The van der Waals surface area contributed by atoms with Crippen molar-refractivity contribution in [2.45, 2.75) is 25.9 Å². The average molecular weight is 418 g/mol. The van der Waals surface area contributed by atoms with E-state index in [4.69, 9.17) is 4.74 Å². The van der Waals surface area contributed by atoms with Gasteiger partial charge in [-0.05, 0) is 56.3 Å². The molecule has 0 aliphatic carbocycles. The molecule has 1 atom stereocenters. The zero-order valence-corrected chi connectivity index (χ0v) is 16.2. The molecule has 6 heteroatoms. The van der Waals surface area contributed by atoms with Gasteiger partial charge in [0.25, 0.3) is 5.91 Å². The van der Waals surface area contributed by atoms with Crippen LogP contribution < -0.4 is 9.64 Å². The van der Waals surface area contributed by atoms with Crippen LogP contribution in [0.15, 0.2) is 46.9 Å². The zero-order valence-electron chi connectivity index (χ0n) is 14.7. The van der Waals surface area contributed by atoms with Gasteiger partial charge in [-0.25, -0.2) is 0 Å². The molecule has 26 heavy (non-hydrogen) atoms. The van der Waals surface area contributed by atoms with Crippen LogP contribution in [0.25, 0.3) is 0 Å². The van der Waals surface area contributed by atoms with E-state index in [0.29, 0.717) is 35.7 Å². The van der Waals surface area contributed by atoms with Gasteiger partial charge in [0.05, 0.1) is 18.7 Å². The number of amides is 1. The molecule has 1 unspecified atom stereocenters. The Hall–Kier alpha value is -2.18. The summed E-state index contributed by atoms with van der Waals surface area (Å²) in [6, 6.07) is 12.0. The first-order chi connectivity index (χ1) is 12.4. The minimum Gasteiger partial charge on any atom is -0.494 e. The van der Waals surface area contributed by atoms with Crippen molar-refractivity contribution < 1.29 is 19.4 Å². The Balaban J connectivity index is 1.92. The Morgan fingerprint density at radius 1 is 1.19 bits per heavy atom. The number of carbonyl (C=O) groups is 2. The molecule has 5 nitrogen and oxygen atoms in total. The van der Waals surface area contributed by atoms with Gasteiger partial charge in [-0.3, -0.25) is 9.59 Å². The third-order valence-corrected chi connectivity index (χ3v) is 5.01. The normalized spacial score (nSPS) is 18.8. The number of hydrogen-bond acceptors (Lipinski definition) is 4. The number of carbonyl (C=O) groups excluding carboxylic acids is 2. The number of anilines is 1. The minimum absolute atomic E-state index is 0.298. The largest absolute Gasteiger partial charge is 0.494 e. The second-order valence-corrected chi connectivity index (χ2v) is 7.04. The maximum atomic E-state index is 12.8.